The molecule has 2 nitrogen and oxygen atoms in total. The van der Waals surface area contributed by atoms with Crippen LogP contribution in [0.1, 0.15) is 13.3 Å². The van der Waals surface area contributed by atoms with Crippen LogP contribution in [0.5, 0.6) is 0 Å². The van der Waals surface area contributed by atoms with Gasteiger partial charge in [0, 0.05) is 5.75 Å². The van der Waals surface area contributed by atoms with Crippen LogP contribution in [-0.2, 0) is 9.53 Å². The Hall–Kier alpha value is -0.180. The van der Waals surface area contributed by atoms with E-state index in [0.29, 0.717) is 6.61 Å². The molecule has 0 radical (unpaired) electrons. The highest BCUT2D eigenvalue weighted by Gasteiger charge is 2.23. The molecule has 1 fully saturated rings. The monoisotopic (exact) mass is 160 g/mol. The van der Waals surface area contributed by atoms with Gasteiger partial charge in [0.1, 0.15) is 0 Å². The van der Waals surface area contributed by atoms with E-state index in [2.05, 4.69) is 0 Å². The van der Waals surface area contributed by atoms with Crippen molar-refractivity contribution < 1.29 is 9.53 Å². The van der Waals surface area contributed by atoms with Gasteiger partial charge in [0.2, 0.25) is 0 Å². The van der Waals surface area contributed by atoms with Crippen LogP contribution in [0.25, 0.3) is 0 Å². The van der Waals surface area contributed by atoms with Gasteiger partial charge in [-0.15, -0.1) is 0 Å². The number of ether oxygens (including phenoxy) is 1. The third kappa shape index (κ3) is 1.90. The van der Waals surface area contributed by atoms with E-state index in [1.807, 2.05) is 18.7 Å². The standard InChI is InChI=1S/C7H12O2S/c1-2-9-7(8)6-3-4-10-5-6/h6H,2-5H2,1H3/t6-/m0/s1. The molecular formula is C7H12O2S. The van der Waals surface area contributed by atoms with Gasteiger partial charge in [-0.2, -0.15) is 11.8 Å². The smallest absolute Gasteiger partial charge is 0.309 e. The van der Waals surface area contributed by atoms with Gasteiger partial charge >= 0.3 is 5.97 Å². The number of esters is 1. The minimum Gasteiger partial charge on any atom is -0.466 e. The predicted molar refractivity (Wildman–Crippen MR) is 42.1 cm³/mol. The van der Waals surface area contributed by atoms with Gasteiger partial charge in [0.25, 0.3) is 0 Å². The Morgan fingerprint density at radius 1 is 1.80 bits per heavy atom. The van der Waals surface area contributed by atoms with E-state index < -0.39 is 0 Å². The zero-order valence-corrected chi connectivity index (χ0v) is 6.95. The van der Waals surface area contributed by atoms with Crippen molar-refractivity contribution in [3.8, 4) is 0 Å². The van der Waals surface area contributed by atoms with Gasteiger partial charge in [-0.25, -0.2) is 0 Å². The van der Waals surface area contributed by atoms with Gasteiger partial charge in [-0.3, -0.25) is 4.79 Å². The maximum absolute atomic E-state index is 11.0. The van der Waals surface area contributed by atoms with E-state index in [0.717, 1.165) is 17.9 Å². The lowest BCUT2D eigenvalue weighted by Crippen LogP contribution is -2.16. The average molecular weight is 160 g/mol. The first kappa shape index (κ1) is 7.92. The van der Waals surface area contributed by atoms with Crippen molar-refractivity contribution >= 4 is 17.7 Å². The second-order valence-corrected chi connectivity index (χ2v) is 3.46. The fourth-order valence-electron chi connectivity index (χ4n) is 0.981. The molecule has 0 aromatic heterocycles. The van der Waals surface area contributed by atoms with Gasteiger partial charge in [0.05, 0.1) is 12.5 Å². The molecule has 0 N–H and O–H groups in total. The van der Waals surface area contributed by atoms with E-state index in [9.17, 15) is 4.79 Å². The lowest BCUT2D eigenvalue weighted by molar-refractivity contribution is -0.147. The highest BCUT2D eigenvalue weighted by Crippen LogP contribution is 2.24. The Balaban J connectivity index is 2.25. The Morgan fingerprint density at radius 3 is 3.10 bits per heavy atom. The van der Waals surface area contributed by atoms with Crippen molar-refractivity contribution in [2.75, 3.05) is 18.1 Å². The molecule has 0 spiro atoms. The minimum absolute atomic E-state index is 0.00694. The summed E-state index contributed by atoms with van der Waals surface area (Å²) in [6, 6.07) is 0. The summed E-state index contributed by atoms with van der Waals surface area (Å²) in [4.78, 5) is 11.0. The molecule has 0 saturated carbocycles. The zero-order valence-electron chi connectivity index (χ0n) is 6.13. The topological polar surface area (TPSA) is 26.3 Å². The molecule has 0 aromatic carbocycles. The second kappa shape index (κ2) is 3.86. The third-order valence-corrected chi connectivity index (χ3v) is 2.71. The fraction of sp³-hybridized carbons (Fsp3) is 0.857. The van der Waals surface area contributed by atoms with E-state index in [4.69, 9.17) is 4.74 Å². The van der Waals surface area contributed by atoms with Crippen LogP contribution in [0, 0.1) is 5.92 Å². The maximum Gasteiger partial charge on any atom is 0.309 e. The van der Waals surface area contributed by atoms with Crippen LogP contribution in [0.4, 0.5) is 0 Å². The van der Waals surface area contributed by atoms with Crippen molar-refractivity contribution in [2.24, 2.45) is 5.92 Å². The van der Waals surface area contributed by atoms with Crippen molar-refractivity contribution in [2.45, 2.75) is 13.3 Å². The van der Waals surface area contributed by atoms with Gasteiger partial charge in [0.15, 0.2) is 0 Å². The van der Waals surface area contributed by atoms with Crippen LogP contribution in [0.2, 0.25) is 0 Å². The SMILES string of the molecule is CCOC(=O)[C@H]1CCSC1. The summed E-state index contributed by atoms with van der Waals surface area (Å²) >= 11 is 1.84. The van der Waals surface area contributed by atoms with E-state index in [1.165, 1.54) is 0 Å². The summed E-state index contributed by atoms with van der Waals surface area (Å²) in [5, 5.41) is 0. The van der Waals surface area contributed by atoms with E-state index in [-0.39, 0.29) is 11.9 Å². The Kier molecular flexibility index (Phi) is 3.06. The molecule has 1 aliphatic heterocycles. The molecular weight excluding hydrogens is 148 g/mol. The van der Waals surface area contributed by atoms with Crippen LogP contribution in [0.3, 0.4) is 0 Å². The van der Waals surface area contributed by atoms with Crippen molar-refractivity contribution in [1.82, 2.24) is 0 Å². The molecule has 0 unspecified atom stereocenters. The van der Waals surface area contributed by atoms with Crippen LogP contribution >= 0.6 is 11.8 Å². The zero-order chi connectivity index (χ0) is 7.40. The van der Waals surface area contributed by atoms with Gasteiger partial charge < -0.3 is 4.74 Å². The number of hydrogen-bond acceptors (Lipinski definition) is 3. The molecule has 3 heteroatoms. The van der Waals surface area contributed by atoms with Crippen LogP contribution in [-0.4, -0.2) is 24.1 Å². The normalized spacial score (nSPS) is 24.7. The molecule has 58 valence electrons. The number of carbonyl (C=O) groups is 1. The molecule has 1 atom stereocenters. The summed E-state index contributed by atoms with van der Waals surface area (Å²) in [5.74, 6) is 2.25. The van der Waals surface area contributed by atoms with Crippen molar-refractivity contribution in [3.63, 3.8) is 0 Å². The number of hydrogen-bond donors (Lipinski definition) is 0. The lowest BCUT2D eigenvalue weighted by atomic mass is 10.1. The molecule has 1 saturated heterocycles. The number of rotatable bonds is 2. The Labute approximate surface area is 65.3 Å². The lowest BCUT2D eigenvalue weighted by Gasteiger charge is -2.05. The second-order valence-electron chi connectivity index (χ2n) is 2.31. The summed E-state index contributed by atoms with van der Waals surface area (Å²) in [7, 11) is 0. The molecule has 1 aliphatic rings. The summed E-state index contributed by atoms with van der Waals surface area (Å²) in [5.41, 5.74) is 0. The van der Waals surface area contributed by atoms with E-state index in [1.54, 1.807) is 0 Å². The number of carbonyl (C=O) groups excluding carboxylic acids is 1. The highest BCUT2D eigenvalue weighted by atomic mass is 32.2. The molecule has 0 aliphatic carbocycles. The Bertz CT molecular complexity index is 119. The third-order valence-electron chi connectivity index (χ3n) is 1.55. The molecule has 1 rings (SSSR count). The molecule has 0 bridgehead atoms. The molecule has 0 aromatic rings. The molecule has 1 heterocycles. The first-order chi connectivity index (χ1) is 4.84. The van der Waals surface area contributed by atoms with Gasteiger partial charge in [-0.1, -0.05) is 0 Å². The van der Waals surface area contributed by atoms with Crippen molar-refractivity contribution in [1.29, 1.82) is 0 Å². The largest absolute Gasteiger partial charge is 0.466 e. The van der Waals surface area contributed by atoms with E-state index >= 15 is 0 Å². The van der Waals surface area contributed by atoms with Gasteiger partial charge in [-0.05, 0) is 19.1 Å². The molecule has 10 heavy (non-hydrogen) atoms. The average Bonchev–Trinajstić information content (AvgIpc) is 2.38. The van der Waals surface area contributed by atoms with Crippen LogP contribution < -0.4 is 0 Å². The number of thioether (sulfide) groups is 1. The minimum atomic E-state index is -0.00694. The summed E-state index contributed by atoms with van der Waals surface area (Å²) < 4.78 is 4.87. The quantitative estimate of drug-likeness (QED) is 0.570. The first-order valence-electron chi connectivity index (χ1n) is 3.59. The summed E-state index contributed by atoms with van der Waals surface area (Å²) in [6.45, 7) is 2.36. The Morgan fingerprint density at radius 2 is 2.60 bits per heavy atom. The highest BCUT2D eigenvalue weighted by molar-refractivity contribution is 7.99. The first-order valence-corrected chi connectivity index (χ1v) is 4.74. The molecule has 0 amide bonds. The summed E-state index contributed by atoms with van der Waals surface area (Å²) in [6.07, 6.45) is 1.00. The van der Waals surface area contributed by atoms with Crippen LogP contribution in [0.15, 0.2) is 0 Å². The maximum atomic E-state index is 11.0. The van der Waals surface area contributed by atoms with Crippen molar-refractivity contribution in [3.05, 3.63) is 0 Å². The fourth-order valence-corrected chi connectivity index (χ4v) is 2.19. The predicted octanol–water partition coefficient (Wildman–Crippen LogP) is 1.30.